The van der Waals surface area contributed by atoms with Crippen molar-refractivity contribution in [1.29, 1.82) is 0 Å². The Morgan fingerprint density at radius 1 is 1.03 bits per heavy atom. The number of hydrogen-bond donors (Lipinski definition) is 2. The highest BCUT2D eigenvalue weighted by atomic mass is 32.1. The minimum Gasteiger partial charge on any atom is -0.493 e. The van der Waals surface area contributed by atoms with Crippen molar-refractivity contribution in [2.45, 2.75) is 26.2 Å². The molecule has 0 atom stereocenters. The molecule has 0 radical (unpaired) electrons. The molecule has 2 N–H and O–H groups in total. The summed E-state index contributed by atoms with van der Waals surface area (Å²) in [4.78, 5) is 34.0. The van der Waals surface area contributed by atoms with Gasteiger partial charge < -0.3 is 20.1 Å². The monoisotopic (exact) mass is 488 g/mol. The Bertz CT molecular complexity index is 1370. The highest BCUT2D eigenvalue weighted by molar-refractivity contribution is 7.21. The van der Waals surface area contributed by atoms with Crippen LogP contribution in [0.25, 0.3) is 10.3 Å². The van der Waals surface area contributed by atoms with E-state index in [4.69, 9.17) is 9.47 Å². The molecule has 1 fully saturated rings. The fourth-order valence-corrected chi connectivity index (χ4v) is 4.20. The molecule has 178 valence electrons. The first-order valence-electron chi connectivity index (χ1n) is 11.4. The first-order valence-corrected chi connectivity index (χ1v) is 12.2. The van der Waals surface area contributed by atoms with Gasteiger partial charge in [-0.25, -0.2) is 9.97 Å². The number of para-hydroxylation sites is 1. The zero-order valence-electron chi connectivity index (χ0n) is 19.1. The van der Waals surface area contributed by atoms with Gasteiger partial charge in [-0.05, 0) is 49.6 Å². The van der Waals surface area contributed by atoms with Crippen LogP contribution in [-0.4, -0.2) is 28.4 Å². The summed E-state index contributed by atoms with van der Waals surface area (Å²) >= 11 is 1.31. The third-order valence-electron chi connectivity index (χ3n) is 5.44. The Kier molecular flexibility index (Phi) is 6.58. The van der Waals surface area contributed by atoms with E-state index in [0.717, 1.165) is 24.2 Å². The predicted octanol–water partition coefficient (Wildman–Crippen LogP) is 5.55. The van der Waals surface area contributed by atoms with Gasteiger partial charge in [-0.15, -0.1) is 0 Å². The number of amides is 2. The Balaban J connectivity index is 1.21. The second kappa shape index (κ2) is 10.1. The molecule has 0 aliphatic heterocycles. The summed E-state index contributed by atoms with van der Waals surface area (Å²) in [6.45, 7) is 2.21. The molecule has 2 heterocycles. The van der Waals surface area contributed by atoms with Crippen LogP contribution in [0.1, 0.15) is 24.8 Å². The number of anilines is 2. The van der Waals surface area contributed by atoms with Crippen molar-refractivity contribution in [2.24, 2.45) is 5.92 Å². The Morgan fingerprint density at radius 2 is 1.86 bits per heavy atom. The summed E-state index contributed by atoms with van der Waals surface area (Å²) in [5.41, 5.74) is 2.22. The summed E-state index contributed by atoms with van der Waals surface area (Å²) in [7, 11) is 0. The highest BCUT2D eigenvalue weighted by Gasteiger charge is 2.30. The van der Waals surface area contributed by atoms with Crippen molar-refractivity contribution in [3.63, 3.8) is 0 Å². The minimum absolute atomic E-state index is 0.0154. The number of rotatable bonds is 9. The lowest BCUT2D eigenvalue weighted by atomic mass is 10.2. The summed E-state index contributed by atoms with van der Waals surface area (Å²) < 4.78 is 11.6. The Hall–Kier alpha value is -3.98. The van der Waals surface area contributed by atoms with E-state index in [1.807, 2.05) is 55.5 Å². The van der Waals surface area contributed by atoms with Gasteiger partial charge in [0.25, 0.3) is 0 Å². The molecule has 5 rings (SSSR count). The van der Waals surface area contributed by atoms with E-state index in [0.29, 0.717) is 32.8 Å². The average molecular weight is 489 g/mol. The van der Waals surface area contributed by atoms with Gasteiger partial charge in [0.1, 0.15) is 21.8 Å². The van der Waals surface area contributed by atoms with Gasteiger partial charge in [-0.2, -0.15) is 0 Å². The highest BCUT2D eigenvalue weighted by Crippen LogP contribution is 2.33. The Morgan fingerprint density at radius 3 is 2.66 bits per heavy atom. The van der Waals surface area contributed by atoms with Crippen LogP contribution in [0.2, 0.25) is 0 Å². The maximum Gasteiger partial charge on any atom is 0.229 e. The second-order valence-electron chi connectivity index (χ2n) is 8.30. The number of thiazole rings is 1. The molecular weight excluding hydrogens is 464 g/mol. The number of carbonyl (C=O) groups excluding carboxylic acids is 2. The molecule has 1 aliphatic carbocycles. The molecule has 1 saturated carbocycles. The number of nitrogens with one attached hydrogen (secondary N) is 2. The van der Waals surface area contributed by atoms with E-state index >= 15 is 0 Å². The zero-order valence-corrected chi connectivity index (χ0v) is 19.9. The van der Waals surface area contributed by atoms with Gasteiger partial charge in [-0.3, -0.25) is 9.59 Å². The molecule has 0 unspecified atom stereocenters. The van der Waals surface area contributed by atoms with E-state index in [9.17, 15) is 9.59 Å². The topological polar surface area (TPSA) is 102 Å². The number of fused-ring (bicyclic) bond motifs is 1. The average Bonchev–Trinajstić information content (AvgIpc) is 3.63. The molecular formula is C26H24N4O4S. The van der Waals surface area contributed by atoms with Crippen molar-refractivity contribution in [1.82, 2.24) is 9.97 Å². The van der Waals surface area contributed by atoms with Gasteiger partial charge in [0.2, 0.25) is 17.7 Å². The van der Waals surface area contributed by atoms with Crippen molar-refractivity contribution in [3.8, 4) is 17.4 Å². The molecule has 2 aromatic heterocycles. The lowest BCUT2D eigenvalue weighted by Crippen LogP contribution is -2.15. The first kappa shape index (κ1) is 22.8. The number of aromatic nitrogens is 2. The lowest BCUT2D eigenvalue weighted by molar-refractivity contribution is -0.117. The molecule has 9 heteroatoms. The molecule has 35 heavy (non-hydrogen) atoms. The fraction of sp³-hybridized carbons (Fsp3) is 0.231. The van der Waals surface area contributed by atoms with Crippen molar-refractivity contribution in [3.05, 3.63) is 66.2 Å². The standard InChI is InChI=1S/C26H24N4O4S/c1-16-7-10-18(27-22(31)13-14-33-19-5-3-2-4-6-19)15-21(16)34-23-12-11-20-25(29-23)35-26(28-20)30-24(32)17-8-9-17/h2-7,10-12,15,17H,8-9,13-14H2,1H3,(H,27,31)(H,28,30,32). The number of benzene rings is 2. The van der Waals surface area contributed by atoms with Crippen molar-refractivity contribution in [2.75, 3.05) is 17.2 Å². The molecule has 0 saturated heterocycles. The van der Waals surface area contributed by atoms with E-state index in [1.165, 1.54) is 11.3 Å². The number of ether oxygens (including phenoxy) is 2. The molecule has 2 amide bonds. The van der Waals surface area contributed by atoms with E-state index < -0.39 is 0 Å². The fourth-order valence-electron chi connectivity index (χ4n) is 3.37. The van der Waals surface area contributed by atoms with Crippen LogP contribution in [0.5, 0.6) is 17.4 Å². The van der Waals surface area contributed by atoms with Crippen LogP contribution in [0.3, 0.4) is 0 Å². The first-order chi connectivity index (χ1) is 17.0. The van der Waals surface area contributed by atoms with E-state index in [-0.39, 0.29) is 30.8 Å². The summed E-state index contributed by atoms with van der Waals surface area (Å²) in [5, 5.41) is 6.28. The minimum atomic E-state index is -0.152. The quantitative estimate of drug-likeness (QED) is 0.320. The van der Waals surface area contributed by atoms with E-state index in [1.54, 1.807) is 12.1 Å². The molecule has 0 bridgehead atoms. The number of hydrogen-bond acceptors (Lipinski definition) is 7. The molecule has 2 aromatic carbocycles. The second-order valence-corrected chi connectivity index (χ2v) is 9.28. The normalized spacial score (nSPS) is 12.8. The van der Waals surface area contributed by atoms with Gasteiger partial charge >= 0.3 is 0 Å². The molecule has 4 aromatic rings. The number of aryl methyl sites for hydroxylation is 1. The molecule has 0 spiro atoms. The maximum atomic E-state index is 12.3. The largest absolute Gasteiger partial charge is 0.493 e. The smallest absolute Gasteiger partial charge is 0.229 e. The van der Waals surface area contributed by atoms with Crippen LogP contribution in [-0.2, 0) is 9.59 Å². The predicted molar refractivity (Wildman–Crippen MR) is 135 cm³/mol. The summed E-state index contributed by atoms with van der Waals surface area (Å²) in [5.74, 6) is 1.70. The van der Waals surface area contributed by atoms with Crippen molar-refractivity contribution < 1.29 is 19.1 Å². The van der Waals surface area contributed by atoms with Gasteiger partial charge in [0.15, 0.2) is 5.13 Å². The SMILES string of the molecule is Cc1ccc(NC(=O)CCOc2ccccc2)cc1Oc1ccc2nc(NC(=O)C3CC3)sc2n1. The number of nitrogens with zero attached hydrogens (tertiary/aromatic N) is 2. The lowest BCUT2D eigenvalue weighted by Gasteiger charge is -2.11. The van der Waals surface area contributed by atoms with Crippen molar-refractivity contribution >= 4 is 44.3 Å². The van der Waals surface area contributed by atoms with Crippen LogP contribution >= 0.6 is 11.3 Å². The van der Waals surface area contributed by atoms with Gasteiger partial charge in [-0.1, -0.05) is 35.6 Å². The van der Waals surface area contributed by atoms with Crippen LogP contribution in [0, 0.1) is 12.8 Å². The number of carbonyl (C=O) groups is 2. The molecule has 1 aliphatic rings. The van der Waals surface area contributed by atoms with Gasteiger partial charge in [0.05, 0.1) is 13.0 Å². The summed E-state index contributed by atoms with van der Waals surface area (Å²) in [6.07, 6.45) is 2.10. The Labute approximate surface area is 206 Å². The maximum absolute atomic E-state index is 12.3. The van der Waals surface area contributed by atoms with Crippen LogP contribution < -0.4 is 20.1 Å². The molecule has 8 nitrogen and oxygen atoms in total. The summed E-state index contributed by atoms with van der Waals surface area (Å²) in [6, 6.07) is 18.4. The third kappa shape index (κ3) is 5.93. The van der Waals surface area contributed by atoms with Crippen LogP contribution in [0.15, 0.2) is 60.7 Å². The van der Waals surface area contributed by atoms with E-state index in [2.05, 4.69) is 20.6 Å². The van der Waals surface area contributed by atoms with Gasteiger partial charge in [0, 0.05) is 23.7 Å². The number of pyridine rings is 1. The zero-order chi connectivity index (χ0) is 24.2. The third-order valence-corrected chi connectivity index (χ3v) is 6.32. The van der Waals surface area contributed by atoms with Crippen LogP contribution in [0.4, 0.5) is 10.8 Å².